The van der Waals surface area contributed by atoms with Crippen LogP contribution in [0.1, 0.15) is 68.1 Å². The van der Waals surface area contributed by atoms with Gasteiger partial charge in [0, 0.05) is 6.42 Å². The number of hydrogen-bond donors (Lipinski definition) is 0. The molecule has 156 valence electrons. The Labute approximate surface area is 181 Å². The van der Waals surface area contributed by atoms with Crippen molar-refractivity contribution < 1.29 is 18.0 Å². The van der Waals surface area contributed by atoms with Gasteiger partial charge in [-0.2, -0.15) is 4.31 Å². The first kappa shape index (κ1) is 23.7. The van der Waals surface area contributed by atoms with Crippen LogP contribution in [0.25, 0.3) is 0 Å². The van der Waals surface area contributed by atoms with E-state index in [-0.39, 0.29) is 16.9 Å². The maximum absolute atomic E-state index is 12.4. The maximum atomic E-state index is 12.4. The predicted octanol–water partition coefficient (Wildman–Crippen LogP) is 5.52. The summed E-state index contributed by atoms with van der Waals surface area (Å²) < 4.78 is 25.3. The average molecular weight is 485 g/mol. The molecule has 1 heterocycles. The van der Waals surface area contributed by atoms with Gasteiger partial charge >= 0.3 is 6.00 Å². The number of carbonyl (C=O) groups is 2. The van der Waals surface area contributed by atoms with Crippen LogP contribution in [-0.4, -0.2) is 30.5 Å². The summed E-state index contributed by atoms with van der Waals surface area (Å²) >= 11 is 17.5. The molecule has 0 aliphatic carbocycles. The highest BCUT2D eigenvalue weighted by Gasteiger charge is 2.44. The second-order valence-electron chi connectivity index (χ2n) is 6.91. The summed E-state index contributed by atoms with van der Waals surface area (Å²) in [4.78, 5) is 24.5. The van der Waals surface area contributed by atoms with E-state index in [1.54, 1.807) is 6.07 Å². The van der Waals surface area contributed by atoms with Crippen molar-refractivity contribution in [3.8, 4) is 0 Å². The van der Waals surface area contributed by atoms with E-state index in [9.17, 15) is 18.0 Å². The summed E-state index contributed by atoms with van der Waals surface area (Å²) in [6, 6.07) is 4.11. The van der Waals surface area contributed by atoms with E-state index in [4.69, 9.17) is 33.2 Å². The van der Waals surface area contributed by atoms with Crippen LogP contribution in [0.4, 0.5) is 0 Å². The minimum absolute atomic E-state index is 0.0484. The Morgan fingerprint density at radius 2 is 1.43 bits per heavy atom. The number of fused-ring (bicyclic) bond motifs is 1. The van der Waals surface area contributed by atoms with E-state index in [2.05, 4.69) is 0 Å². The first-order chi connectivity index (χ1) is 13.1. The highest BCUT2D eigenvalue weighted by atomic mass is 35.8. The number of hydrogen-bond acceptors (Lipinski definition) is 4. The number of rotatable bonds is 11. The van der Waals surface area contributed by atoms with Crippen molar-refractivity contribution in [2.24, 2.45) is 0 Å². The summed E-state index contributed by atoms with van der Waals surface area (Å²) in [7, 11) is -4.06. The molecule has 10 heteroatoms. The summed E-state index contributed by atoms with van der Waals surface area (Å²) in [6.45, 7) is 0. The van der Waals surface area contributed by atoms with Gasteiger partial charge in [0.2, 0.25) is 5.91 Å². The van der Waals surface area contributed by atoms with E-state index < -0.39 is 27.8 Å². The molecule has 28 heavy (non-hydrogen) atoms. The lowest BCUT2D eigenvalue weighted by Crippen LogP contribution is -2.36. The van der Waals surface area contributed by atoms with Crippen LogP contribution >= 0.6 is 33.2 Å². The molecule has 2 amide bonds. The number of sulfonamides is 1. The fourth-order valence-corrected chi connectivity index (χ4v) is 6.61. The van der Waals surface area contributed by atoms with Crippen molar-refractivity contribution in [2.45, 2.75) is 68.7 Å². The topological polar surface area (TPSA) is 71.5 Å². The smallest absolute Gasteiger partial charge is 0.273 e. The summed E-state index contributed by atoms with van der Waals surface area (Å²) in [5.74, 6) is -1.41. The SMILES string of the molecule is O=C(CCCCCCCCCC[Si](Cl)(Cl)Cl)N1C(=O)c2ccccc2S1(=O)=O. The Balaban J connectivity index is 1.64. The third kappa shape index (κ3) is 6.45. The Morgan fingerprint density at radius 1 is 0.893 bits per heavy atom. The van der Waals surface area contributed by atoms with Crippen molar-refractivity contribution in [2.75, 3.05) is 0 Å². The number of unbranched alkanes of at least 4 members (excludes halogenated alkanes) is 7. The molecule has 0 spiro atoms. The third-order valence-corrected chi connectivity index (χ3v) is 9.03. The minimum atomic E-state index is -4.06. The van der Waals surface area contributed by atoms with Gasteiger partial charge in [0.05, 0.1) is 5.56 Å². The van der Waals surface area contributed by atoms with Crippen LogP contribution in [0.2, 0.25) is 6.04 Å². The lowest BCUT2D eigenvalue weighted by Gasteiger charge is -2.12. The number of carbonyl (C=O) groups excluding carboxylic acids is 2. The number of amides is 2. The predicted molar refractivity (Wildman–Crippen MR) is 114 cm³/mol. The zero-order valence-corrected chi connectivity index (χ0v) is 19.6. The van der Waals surface area contributed by atoms with E-state index in [0.717, 1.165) is 44.9 Å². The van der Waals surface area contributed by atoms with Gasteiger partial charge < -0.3 is 0 Å². The van der Waals surface area contributed by atoms with E-state index in [1.165, 1.54) is 18.2 Å². The average Bonchev–Trinajstić information content (AvgIpc) is 2.82. The molecule has 1 aliphatic heterocycles. The minimum Gasteiger partial charge on any atom is -0.273 e. The number of imide groups is 1. The zero-order valence-electron chi connectivity index (χ0n) is 15.5. The maximum Gasteiger partial charge on any atom is 0.341 e. The molecule has 0 unspecified atom stereocenters. The van der Waals surface area contributed by atoms with Crippen molar-refractivity contribution >= 4 is 61.1 Å². The molecule has 0 atom stereocenters. The van der Waals surface area contributed by atoms with E-state index in [0.29, 0.717) is 16.8 Å². The number of nitrogens with zero attached hydrogens (tertiary/aromatic N) is 1. The fourth-order valence-electron chi connectivity index (χ4n) is 3.20. The largest absolute Gasteiger partial charge is 0.341 e. The van der Waals surface area contributed by atoms with Gasteiger partial charge in [0.1, 0.15) is 4.90 Å². The summed E-state index contributed by atoms with van der Waals surface area (Å²) in [6.07, 6.45) is 7.62. The van der Waals surface area contributed by atoms with Gasteiger partial charge in [-0.15, -0.1) is 33.2 Å². The fraction of sp³-hybridized carbons (Fsp3) is 0.556. The molecular weight excluding hydrogens is 461 g/mol. The van der Waals surface area contributed by atoms with Crippen LogP contribution < -0.4 is 0 Å². The molecular formula is C18H24Cl3NO4SSi. The van der Waals surface area contributed by atoms with Crippen molar-refractivity contribution in [1.82, 2.24) is 4.31 Å². The van der Waals surface area contributed by atoms with Gasteiger partial charge in [0.15, 0.2) is 0 Å². The quantitative estimate of drug-likeness (QED) is 0.235. The molecule has 0 fully saturated rings. The van der Waals surface area contributed by atoms with Crippen molar-refractivity contribution in [1.29, 1.82) is 0 Å². The summed E-state index contributed by atoms with van der Waals surface area (Å²) in [5.41, 5.74) is 0.0632. The first-order valence-electron chi connectivity index (χ1n) is 9.43. The molecule has 1 aromatic rings. The molecule has 0 radical (unpaired) electrons. The monoisotopic (exact) mass is 483 g/mol. The lowest BCUT2D eigenvalue weighted by atomic mass is 10.1. The third-order valence-electron chi connectivity index (χ3n) is 4.65. The van der Waals surface area contributed by atoms with Gasteiger partial charge in [-0.05, 0) is 24.6 Å². The number of benzene rings is 1. The number of halogens is 3. The van der Waals surface area contributed by atoms with Crippen LogP contribution in [0.15, 0.2) is 29.2 Å². The summed E-state index contributed by atoms with van der Waals surface area (Å²) in [5, 5.41) is 0. The Bertz CT molecular complexity index is 811. The molecule has 0 aromatic heterocycles. The Hall–Kier alpha value is -0.603. The Kier molecular flexibility index (Phi) is 8.82. The highest BCUT2D eigenvalue weighted by Crippen LogP contribution is 2.31. The van der Waals surface area contributed by atoms with Gasteiger partial charge in [-0.1, -0.05) is 57.1 Å². The second kappa shape index (κ2) is 10.4. The van der Waals surface area contributed by atoms with E-state index in [1.807, 2.05) is 0 Å². The lowest BCUT2D eigenvalue weighted by molar-refractivity contribution is -0.124. The van der Waals surface area contributed by atoms with Crippen LogP contribution in [0, 0.1) is 0 Å². The standard InChI is InChI=1S/C18H24Cl3NO4SSi/c19-28(20,21)14-10-6-4-2-1-3-5-7-13-17(23)22-18(24)15-11-8-9-12-16(15)27(22,25)26/h8-9,11-12H,1-7,10,13-14H2. The normalized spacial score (nSPS) is 15.7. The van der Waals surface area contributed by atoms with Crippen LogP contribution in [-0.2, 0) is 14.8 Å². The molecule has 1 aliphatic rings. The molecule has 0 saturated carbocycles. The highest BCUT2D eigenvalue weighted by molar-refractivity contribution is 7.90. The van der Waals surface area contributed by atoms with Gasteiger partial charge in [-0.3, -0.25) is 9.59 Å². The Morgan fingerprint density at radius 3 is 2.00 bits per heavy atom. The van der Waals surface area contributed by atoms with Crippen molar-refractivity contribution in [3.05, 3.63) is 29.8 Å². The second-order valence-corrected chi connectivity index (χ2v) is 17.9. The molecule has 5 nitrogen and oxygen atoms in total. The zero-order chi connectivity index (χ0) is 20.8. The van der Waals surface area contributed by atoms with Gasteiger partial charge in [0.25, 0.3) is 15.9 Å². The van der Waals surface area contributed by atoms with Crippen LogP contribution in [0.3, 0.4) is 0 Å². The molecule has 1 aromatic carbocycles. The molecule has 0 saturated heterocycles. The van der Waals surface area contributed by atoms with Gasteiger partial charge in [-0.25, -0.2) is 8.42 Å². The molecule has 0 bridgehead atoms. The van der Waals surface area contributed by atoms with Crippen molar-refractivity contribution in [3.63, 3.8) is 0 Å². The molecule has 0 N–H and O–H groups in total. The first-order valence-corrected chi connectivity index (χ1v) is 16.1. The van der Waals surface area contributed by atoms with E-state index >= 15 is 0 Å². The van der Waals surface area contributed by atoms with Crippen LogP contribution in [0.5, 0.6) is 0 Å². The molecule has 2 rings (SSSR count).